The average Bonchev–Trinajstić information content (AvgIpc) is 2.64. The number of aromatic nitrogens is 2. The van der Waals surface area contributed by atoms with Crippen LogP contribution >= 0.6 is 0 Å². The second-order valence-electron chi connectivity index (χ2n) is 4.62. The maximum Gasteiger partial charge on any atom is 0.135 e. The summed E-state index contributed by atoms with van der Waals surface area (Å²) < 4.78 is 2.14. The molecule has 2 rings (SSSR count). The predicted octanol–water partition coefficient (Wildman–Crippen LogP) is 2.95. The van der Waals surface area contributed by atoms with Crippen LogP contribution in [0.15, 0.2) is 12.1 Å². The fourth-order valence-electron chi connectivity index (χ4n) is 2.12. The van der Waals surface area contributed by atoms with Crippen LogP contribution in [0.25, 0.3) is 11.0 Å². The zero-order valence-corrected chi connectivity index (χ0v) is 10.8. The van der Waals surface area contributed by atoms with Crippen molar-refractivity contribution in [1.29, 1.82) is 0 Å². The molecule has 1 aromatic heterocycles. The molecule has 0 saturated heterocycles. The molecule has 0 aliphatic rings. The number of rotatable bonds is 4. The Bertz CT molecular complexity index is 528. The highest BCUT2D eigenvalue weighted by molar-refractivity contribution is 5.78. The maximum absolute atomic E-state index is 9.37. The van der Waals surface area contributed by atoms with E-state index < -0.39 is 0 Å². The highest BCUT2D eigenvalue weighted by atomic mass is 16.3. The molecule has 0 aliphatic carbocycles. The monoisotopic (exact) mass is 232 g/mol. The van der Waals surface area contributed by atoms with Gasteiger partial charge in [0.25, 0.3) is 0 Å². The summed E-state index contributed by atoms with van der Waals surface area (Å²) in [5, 5.41) is 9.37. The Morgan fingerprint density at radius 1 is 1.24 bits per heavy atom. The maximum atomic E-state index is 9.37. The molecule has 3 heteroatoms. The molecule has 0 spiro atoms. The summed E-state index contributed by atoms with van der Waals surface area (Å²) in [6.45, 7) is 7.33. The van der Waals surface area contributed by atoms with Crippen molar-refractivity contribution in [2.45, 2.75) is 46.8 Å². The van der Waals surface area contributed by atoms with Crippen molar-refractivity contribution in [3.8, 4) is 0 Å². The number of imidazole rings is 1. The van der Waals surface area contributed by atoms with Crippen LogP contribution < -0.4 is 0 Å². The smallest absolute Gasteiger partial charge is 0.135 e. The standard InChI is InChI=1S/C14H20N2O/c1-4-5-6-16-13-8-11(3)10(2)7-12(13)15-14(16)9-17/h7-8,17H,4-6,9H2,1-3H3. The van der Waals surface area contributed by atoms with Crippen LogP contribution in [-0.2, 0) is 13.2 Å². The summed E-state index contributed by atoms with van der Waals surface area (Å²) in [7, 11) is 0. The second kappa shape index (κ2) is 4.88. The van der Waals surface area contributed by atoms with Gasteiger partial charge in [0.1, 0.15) is 12.4 Å². The van der Waals surface area contributed by atoms with Crippen LogP contribution in [0.3, 0.4) is 0 Å². The lowest BCUT2D eigenvalue weighted by Gasteiger charge is -2.07. The van der Waals surface area contributed by atoms with E-state index in [1.807, 2.05) is 0 Å². The molecule has 0 fully saturated rings. The van der Waals surface area contributed by atoms with E-state index in [4.69, 9.17) is 0 Å². The Hall–Kier alpha value is -1.35. The minimum Gasteiger partial charge on any atom is -0.388 e. The van der Waals surface area contributed by atoms with Gasteiger partial charge in [-0.15, -0.1) is 0 Å². The number of hydrogen-bond donors (Lipinski definition) is 1. The van der Waals surface area contributed by atoms with Crippen LogP contribution in [0.5, 0.6) is 0 Å². The average molecular weight is 232 g/mol. The molecule has 0 saturated carbocycles. The van der Waals surface area contributed by atoms with Crippen molar-refractivity contribution in [3.05, 3.63) is 29.1 Å². The summed E-state index contributed by atoms with van der Waals surface area (Å²) >= 11 is 0. The third-order valence-corrected chi connectivity index (χ3v) is 3.32. The molecule has 0 amide bonds. The number of aliphatic hydroxyl groups is 1. The van der Waals surface area contributed by atoms with Gasteiger partial charge in [0.15, 0.2) is 0 Å². The molecule has 0 unspecified atom stereocenters. The predicted molar refractivity (Wildman–Crippen MR) is 70.0 cm³/mol. The molecule has 92 valence electrons. The SMILES string of the molecule is CCCCn1c(CO)nc2cc(C)c(C)cc21. The van der Waals surface area contributed by atoms with E-state index in [9.17, 15) is 5.11 Å². The second-order valence-corrected chi connectivity index (χ2v) is 4.62. The van der Waals surface area contributed by atoms with Gasteiger partial charge < -0.3 is 9.67 Å². The van der Waals surface area contributed by atoms with Crippen molar-refractivity contribution in [1.82, 2.24) is 9.55 Å². The van der Waals surface area contributed by atoms with Gasteiger partial charge in [0.2, 0.25) is 0 Å². The molecule has 17 heavy (non-hydrogen) atoms. The van der Waals surface area contributed by atoms with Gasteiger partial charge in [-0.1, -0.05) is 13.3 Å². The highest BCUT2D eigenvalue weighted by Gasteiger charge is 2.10. The van der Waals surface area contributed by atoms with Crippen molar-refractivity contribution in [2.75, 3.05) is 0 Å². The van der Waals surface area contributed by atoms with Gasteiger partial charge in [0, 0.05) is 6.54 Å². The number of benzene rings is 1. The molecule has 0 bridgehead atoms. The lowest BCUT2D eigenvalue weighted by Crippen LogP contribution is -2.03. The Morgan fingerprint density at radius 3 is 2.59 bits per heavy atom. The minimum atomic E-state index is 0.0104. The quantitative estimate of drug-likeness (QED) is 0.880. The summed E-state index contributed by atoms with van der Waals surface area (Å²) in [6, 6.07) is 4.28. The van der Waals surface area contributed by atoms with E-state index in [1.54, 1.807) is 0 Å². The van der Waals surface area contributed by atoms with Gasteiger partial charge in [-0.3, -0.25) is 0 Å². The largest absolute Gasteiger partial charge is 0.388 e. The fraction of sp³-hybridized carbons (Fsp3) is 0.500. The third kappa shape index (κ3) is 2.20. The molecule has 3 nitrogen and oxygen atoms in total. The fourth-order valence-corrected chi connectivity index (χ4v) is 2.12. The Morgan fingerprint density at radius 2 is 1.94 bits per heavy atom. The van der Waals surface area contributed by atoms with Crippen molar-refractivity contribution >= 4 is 11.0 Å². The highest BCUT2D eigenvalue weighted by Crippen LogP contribution is 2.21. The Labute approximate surface area is 102 Å². The normalized spacial score (nSPS) is 11.3. The first-order valence-electron chi connectivity index (χ1n) is 6.24. The molecule has 0 atom stereocenters. The van der Waals surface area contributed by atoms with Crippen LogP contribution in [0.1, 0.15) is 36.7 Å². The van der Waals surface area contributed by atoms with E-state index in [1.165, 1.54) is 11.1 Å². The van der Waals surface area contributed by atoms with Crippen molar-refractivity contribution in [3.63, 3.8) is 0 Å². The third-order valence-electron chi connectivity index (χ3n) is 3.32. The number of aryl methyl sites for hydroxylation is 3. The molecule has 1 aromatic carbocycles. The molecule has 0 radical (unpaired) electrons. The molecule has 1 N–H and O–H groups in total. The van der Waals surface area contributed by atoms with Crippen molar-refractivity contribution < 1.29 is 5.11 Å². The topological polar surface area (TPSA) is 38.0 Å². The summed E-state index contributed by atoms with van der Waals surface area (Å²) in [4.78, 5) is 4.50. The first-order chi connectivity index (χ1) is 8.17. The van der Waals surface area contributed by atoms with Gasteiger partial charge in [-0.05, 0) is 43.5 Å². The van der Waals surface area contributed by atoms with E-state index >= 15 is 0 Å². The number of fused-ring (bicyclic) bond motifs is 1. The number of hydrogen-bond acceptors (Lipinski definition) is 2. The summed E-state index contributed by atoms with van der Waals surface area (Å²) in [6.07, 6.45) is 2.26. The minimum absolute atomic E-state index is 0.0104. The van der Waals surface area contributed by atoms with E-state index in [0.29, 0.717) is 0 Å². The molecule has 0 aliphatic heterocycles. The van der Waals surface area contributed by atoms with Crippen molar-refractivity contribution in [2.24, 2.45) is 0 Å². The molecule has 1 heterocycles. The summed E-state index contributed by atoms with van der Waals surface area (Å²) in [5.74, 6) is 0.776. The van der Waals surface area contributed by atoms with Crippen LogP contribution in [-0.4, -0.2) is 14.7 Å². The summed E-state index contributed by atoms with van der Waals surface area (Å²) in [5.41, 5.74) is 4.67. The first-order valence-corrected chi connectivity index (χ1v) is 6.24. The van der Waals surface area contributed by atoms with E-state index in [2.05, 4.69) is 42.5 Å². The van der Waals surface area contributed by atoms with Gasteiger partial charge in [-0.2, -0.15) is 0 Å². The Balaban J connectivity index is 2.57. The van der Waals surface area contributed by atoms with Crippen LogP contribution in [0, 0.1) is 13.8 Å². The van der Waals surface area contributed by atoms with Gasteiger partial charge in [0.05, 0.1) is 11.0 Å². The van der Waals surface area contributed by atoms with Crippen LogP contribution in [0.2, 0.25) is 0 Å². The number of aliphatic hydroxyl groups excluding tert-OH is 1. The lowest BCUT2D eigenvalue weighted by molar-refractivity contribution is 0.265. The zero-order chi connectivity index (χ0) is 12.4. The number of nitrogens with zero attached hydrogens (tertiary/aromatic N) is 2. The van der Waals surface area contributed by atoms with Gasteiger partial charge in [-0.25, -0.2) is 4.98 Å². The molecule has 2 aromatic rings. The lowest BCUT2D eigenvalue weighted by atomic mass is 10.1. The van der Waals surface area contributed by atoms with Crippen LogP contribution in [0.4, 0.5) is 0 Å². The number of unbranched alkanes of at least 4 members (excludes halogenated alkanes) is 1. The van der Waals surface area contributed by atoms with E-state index in [0.717, 1.165) is 36.2 Å². The Kier molecular flexibility index (Phi) is 3.48. The first kappa shape index (κ1) is 12.1. The van der Waals surface area contributed by atoms with Gasteiger partial charge >= 0.3 is 0 Å². The zero-order valence-electron chi connectivity index (χ0n) is 10.8. The molecular formula is C14H20N2O. The molecular weight excluding hydrogens is 212 g/mol. The van der Waals surface area contributed by atoms with E-state index in [-0.39, 0.29) is 6.61 Å².